The molecule has 0 amide bonds. The Kier molecular flexibility index (Phi) is 8.46. The van der Waals surface area contributed by atoms with Gasteiger partial charge in [0.15, 0.2) is 0 Å². The predicted octanol–water partition coefficient (Wildman–Crippen LogP) is 11.7. The summed E-state index contributed by atoms with van der Waals surface area (Å²) in [4.78, 5) is 4.36. The molecule has 0 aliphatic heterocycles. The third-order valence-corrected chi connectivity index (χ3v) is 9.35. The SMILES string of the molecule is N#Cc1c(C#N)c(-c2ccc(N(c3ccccc3)c3ccccc3)cc2)c2nsnc2c1-c1ccc(N(c2ccccc2)c2ccccc2)cc1. The van der Waals surface area contributed by atoms with E-state index in [1.54, 1.807) is 0 Å². The molecule has 1 heterocycles. The average molecular weight is 673 g/mol. The van der Waals surface area contributed by atoms with E-state index in [2.05, 4.69) is 70.5 Å². The highest BCUT2D eigenvalue weighted by Crippen LogP contribution is 2.43. The molecule has 0 spiro atoms. The summed E-state index contributed by atoms with van der Waals surface area (Å²) in [5.74, 6) is 0. The third kappa shape index (κ3) is 5.85. The van der Waals surface area contributed by atoms with Crippen LogP contribution < -0.4 is 9.80 Å². The second-order valence-corrected chi connectivity index (χ2v) is 12.3. The molecule has 0 N–H and O–H groups in total. The lowest BCUT2D eigenvalue weighted by Gasteiger charge is -2.25. The minimum absolute atomic E-state index is 0.280. The minimum Gasteiger partial charge on any atom is -0.311 e. The van der Waals surface area contributed by atoms with E-state index in [0.29, 0.717) is 22.2 Å². The van der Waals surface area contributed by atoms with Crippen LogP contribution in [0.15, 0.2) is 170 Å². The Balaban J connectivity index is 1.22. The second-order valence-electron chi connectivity index (χ2n) is 11.8. The van der Waals surface area contributed by atoms with Crippen LogP contribution in [0.1, 0.15) is 11.1 Å². The first-order valence-corrected chi connectivity index (χ1v) is 17.1. The van der Waals surface area contributed by atoms with E-state index in [4.69, 9.17) is 8.75 Å². The van der Waals surface area contributed by atoms with Gasteiger partial charge in [-0.25, -0.2) is 0 Å². The number of para-hydroxylation sites is 4. The monoisotopic (exact) mass is 672 g/mol. The number of hydrogen-bond acceptors (Lipinski definition) is 7. The molecule has 0 saturated heterocycles. The molecule has 6 nitrogen and oxygen atoms in total. The summed E-state index contributed by atoms with van der Waals surface area (Å²) in [5.41, 5.74) is 10.6. The number of hydrogen-bond donors (Lipinski definition) is 0. The summed E-state index contributed by atoms with van der Waals surface area (Å²) >= 11 is 1.08. The zero-order chi connectivity index (χ0) is 34.6. The zero-order valence-electron chi connectivity index (χ0n) is 27.3. The first-order chi connectivity index (χ1) is 25.2. The van der Waals surface area contributed by atoms with Crippen molar-refractivity contribution >= 4 is 56.9 Å². The molecular weight excluding hydrogens is 645 g/mol. The fraction of sp³-hybridized carbons (Fsp3) is 0. The van der Waals surface area contributed by atoms with Crippen LogP contribution in [0.25, 0.3) is 33.3 Å². The summed E-state index contributed by atoms with van der Waals surface area (Å²) < 4.78 is 9.39. The number of fused-ring (bicyclic) bond motifs is 1. The van der Waals surface area contributed by atoms with Gasteiger partial charge in [0, 0.05) is 45.3 Å². The lowest BCUT2D eigenvalue weighted by molar-refractivity contribution is 1.28. The Morgan fingerprint density at radius 2 is 0.647 bits per heavy atom. The van der Waals surface area contributed by atoms with Crippen molar-refractivity contribution in [1.29, 1.82) is 10.5 Å². The molecule has 0 aliphatic carbocycles. The summed E-state index contributed by atoms with van der Waals surface area (Å²) in [6, 6.07) is 61.6. The normalized spacial score (nSPS) is 10.7. The van der Waals surface area contributed by atoms with E-state index in [1.165, 1.54) is 0 Å². The molecule has 0 radical (unpaired) electrons. The van der Waals surface area contributed by atoms with Gasteiger partial charge in [0.25, 0.3) is 0 Å². The van der Waals surface area contributed by atoms with Gasteiger partial charge in [-0.15, -0.1) is 0 Å². The molecule has 7 heteroatoms. The van der Waals surface area contributed by atoms with Crippen LogP contribution in [0, 0.1) is 22.7 Å². The van der Waals surface area contributed by atoms with Crippen LogP contribution in [0.2, 0.25) is 0 Å². The molecule has 0 saturated carbocycles. The van der Waals surface area contributed by atoms with Crippen LogP contribution in [-0.2, 0) is 0 Å². The Hall–Kier alpha value is -7.06. The van der Waals surface area contributed by atoms with E-state index < -0.39 is 0 Å². The van der Waals surface area contributed by atoms with Crippen molar-refractivity contribution in [2.45, 2.75) is 0 Å². The maximum Gasteiger partial charge on any atom is 0.114 e. The van der Waals surface area contributed by atoms with Gasteiger partial charge in [-0.3, -0.25) is 0 Å². The number of rotatable bonds is 8. The lowest BCUT2D eigenvalue weighted by atomic mass is 9.88. The topological polar surface area (TPSA) is 79.8 Å². The molecule has 8 rings (SSSR count). The average Bonchev–Trinajstić information content (AvgIpc) is 3.69. The molecule has 51 heavy (non-hydrogen) atoms. The minimum atomic E-state index is 0.280. The van der Waals surface area contributed by atoms with Gasteiger partial charge in [-0.05, 0) is 83.9 Å². The molecule has 7 aromatic carbocycles. The smallest absolute Gasteiger partial charge is 0.114 e. The summed E-state index contributed by atoms with van der Waals surface area (Å²) in [5, 5.41) is 21.2. The van der Waals surface area contributed by atoms with Crippen LogP contribution >= 0.6 is 11.7 Å². The Morgan fingerprint density at radius 3 is 0.922 bits per heavy atom. The van der Waals surface area contributed by atoms with Gasteiger partial charge < -0.3 is 9.80 Å². The van der Waals surface area contributed by atoms with Crippen molar-refractivity contribution in [3.63, 3.8) is 0 Å². The van der Waals surface area contributed by atoms with Crippen LogP contribution in [0.4, 0.5) is 34.1 Å². The molecule has 1 aromatic heterocycles. The Labute approximate surface area is 300 Å². The van der Waals surface area contributed by atoms with E-state index >= 15 is 0 Å². The van der Waals surface area contributed by atoms with Crippen molar-refractivity contribution < 1.29 is 0 Å². The van der Waals surface area contributed by atoms with Crippen molar-refractivity contribution in [3.8, 4) is 34.4 Å². The zero-order valence-corrected chi connectivity index (χ0v) is 28.1. The van der Waals surface area contributed by atoms with E-state index in [1.807, 2.05) is 121 Å². The number of nitrogens with zero attached hydrogens (tertiary/aromatic N) is 6. The third-order valence-electron chi connectivity index (χ3n) is 8.82. The quantitative estimate of drug-likeness (QED) is 0.160. The molecule has 0 fully saturated rings. The fourth-order valence-electron chi connectivity index (χ4n) is 6.55. The maximum atomic E-state index is 10.6. The second kappa shape index (κ2) is 13.8. The van der Waals surface area contributed by atoms with Gasteiger partial charge in [0.05, 0.1) is 22.9 Å². The van der Waals surface area contributed by atoms with Gasteiger partial charge in [0.2, 0.25) is 0 Å². The summed E-state index contributed by atoms with van der Waals surface area (Å²) in [6.45, 7) is 0. The molecule has 0 atom stereocenters. The lowest BCUT2D eigenvalue weighted by Crippen LogP contribution is -2.09. The van der Waals surface area contributed by atoms with E-state index in [9.17, 15) is 10.5 Å². The van der Waals surface area contributed by atoms with Gasteiger partial charge in [0.1, 0.15) is 23.2 Å². The Morgan fingerprint density at radius 1 is 0.373 bits per heavy atom. The summed E-state index contributed by atoms with van der Waals surface area (Å²) in [7, 11) is 0. The number of benzene rings is 7. The largest absolute Gasteiger partial charge is 0.311 e. The molecule has 240 valence electrons. The number of anilines is 6. The highest BCUT2D eigenvalue weighted by Gasteiger charge is 2.25. The van der Waals surface area contributed by atoms with Crippen LogP contribution in [0.5, 0.6) is 0 Å². The molecule has 0 unspecified atom stereocenters. The highest BCUT2D eigenvalue weighted by molar-refractivity contribution is 7.00. The summed E-state index contributed by atoms with van der Waals surface area (Å²) in [6.07, 6.45) is 0. The van der Waals surface area contributed by atoms with E-state index in [0.717, 1.165) is 57.0 Å². The fourth-order valence-corrected chi connectivity index (χ4v) is 7.11. The van der Waals surface area contributed by atoms with E-state index in [-0.39, 0.29) is 11.1 Å². The van der Waals surface area contributed by atoms with Crippen molar-refractivity contribution in [1.82, 2.24) is 8.75 Å². The first kappa shape index (κ1) is 31.2. The van der Waals surface area contributed by atoms with Crippen LogP contribution in [0.3, 0.4) is 0 Å². The standard InChI is InChI=1S/C44H28N6S/c45-29-39-40(30-46)42(32-23-27-38(28-24-32)50(35-17-9-3-10-18-35)36-19-11-4-12-20-36)44-43(47-51-48-44)41(39)31-21-25-37(26-22-31)49(33-13-5-1-6-14-33)34-15-7-2-8-16-34/h1-28H. The number of nitriles is 2. The van der Waals surface area contributed by atoms with Gasteiger partial charge in [-0.1, -0.05) is 97.1 Å². The molecule has 0 bridgehead atoms. The van der Waals surface area contributed by atoms with Crippen molar-refractivity contribution in [2.24, 2.45) is 0 Å². The van der Waals surface area contributed by atoms with Crippen LogP contribution in [-0.4, -0.2) is 8.75 Å². The molecule has 0 aliphatic rings. The van der Waals surface area contributed by atoms with Gasteiger partial charge >= 0.3 is 0 Å². The number of aromatic nitrogens is 2. The van der Waals surface area contributed by atoms with Crippen molar-refractivity contribution in [3.05, 3.63) is 181 Å². The molecule has 8 aromatic rings. The highest BCUT2D eigenvalue weighted by atomic mass is 32.1. The molecular formula is C44H28N6S. The van der Waals surface area contributed by atoms with Crippen molar-refractivity contribution in [2.75, 3.05) is 9.80 Å². The van der Waals surface area contributed by atoms with Gasteiger partial charge in [-0.2, -0.15) is 19.3 Å². The predicted molar refractivity (Wildman–Crippen MR) is 207 cm³/mol. The Bertz CT molecular complexity index is 2260. The maximum absolute atomic E-state index is 10.6. The first-order valence-electron chi connectivity index (χ1n) is 16.4.